The molecule has 0 saturated heterocycles. The molecule has 302 valence electrons. The molecule has 0 amide bonds. The van der Waals surface area contributed by atoms with Crippen molar-refractivity contribution in [1.29, 1.82) is 0 Å². The third-order valence-corrected chi connectivity index (χ3v) is 14.0. The quantitative estimate of drug-likeness (QED) is 0.170. The number of fused-ring (bicyclic) bond motifs is 7. The molecule has 1 heterocycles. The van der Waals surface area contributed by atoms with E-state index >= 15 is 0 Å². The van der Waals surface area contributed by atoms with Gasteiger partial charge in [0.1, 0.15) is 0 Å². The van der Waals surface area contributed by atoms with Crippen molar-refractivity contribution in [2.45, 2.75) is 124 Å². The molecule has 6 bridgehead atoms. The summed E-state index contributed by atoms with van der Waals surface area (Å²) in [5, 5.41) is 0. The van der Waals surface area contributed by atoms with Crippen molar-refractivity contribution in [1.82, 2.24) is 0 Å². The second kappa shape index (κ2) is 22.9. The molecule has 0 spiro atoms. The molecule has 9 rings (SSSR count). The fraction of sp³-hybridized carbons (Fsp3) is 0.635. The van der Waals surface area contributed by atoms with Crippen molar-refractivity contribution in [2.24, 2.45) is 65.1 Å². The predicted molar refractivity (Wildman–Crippen MR) is 238 cm³/mol. The van der Waals surface area contributed by atoms with Gasteiger partial charge in [-0.15, -0.1) is 50.6 Å². The highest BCUT2D eigenvalue weighted by atomic mass is 16.5. The maximum atomic E-state index is 5.41. The predicted octanol–water partition coefficient (Wildman–Crippen LogP) is 14.2. The summed E-state index contributed by atoms with van der Waals surface area (Å²) >= 11 is 0. The van der Waals surface area contributed by atoms with Gasteiger partial charge in [0.05, 0.1) is 26.7 Å². The van der Waals surface area contributed by atoms with Crippen LogP contribution in [0.4, 0.5) is 0 Å². The maximum absolute atomic E-state index is 5.41. The molecular formula is C52H83NO. The molecule has 1 aromatic rings. The average molecular weight is 738 g/mol. The van der Waals surface area contributed by atoms with Gasteiger partial charge in [0.2, 0.25) is 0 Å². The molecule has 0 N–H and O–H groups in total. The molecule has 1 aromatic carbocycles. The number of benzene rings is 1. The van der Waals surface area contributed by atoms with Crippen LogP contribution >= 0.6 is 0 Å². The number of hydrogen-bond acceptors (Lipinski definition) is 1. The monoisotopic (exact) mass is 738 g/mol. The summed E-state index contributed by atoms with van der Waals surface area (Å²) in [5.74, 6) is 10.3. The van der Waals surface area contributed by atoms with Gasteiger partial charge in [-0.1, -0.05) is 87.8 Å². The minimum absolute atomic E-state index is 0.509. The highest BCUT2D eigenvalue weighted by Gasteiger charge is 2.44. The zero-order valence-electron chi connectivity index (χ0n) is 36.4. The van der Waals surface area contributed by atoms with Crippen LogP contribution in [0.25, 0.3) is 0 Å². The Bertz CT molecular complexity index is 1300. The van der Waals surface area contributed by atoms with Crippen LogP contribution in [0, 0.1) is 71.6 Å². The van der Waals surface area contributed by atoms with Gasteiger partial charge in [0.15, 0.2) is 0 Å². The first kappa shape index (κ1) is 45.8. The summed E-state index contributed by atoms with van der Waals surface area (Å²) in [7, 11) is 6.27. The Morgan fingerprint density at radius 3 is 1.94 bits per heavy atom. The molecule has 4 saturated carbocycles. The molecule has 2 heteroatoms. The van der Waals surface area contributed by atoms with E-state index in [9.17, 15) is 0 Å². The Labute approximate surface area is 335 Å². The lowest BCUT2D eigenvalue weighted by Gasteiger charge is -2.28. The fourth-order valence-corrected chi connectivity index (χ4v) is 10.9. The lowest BCUT2D eigenvalue weighted by atomic mass is 9.77. The van der Waals surface area contributed by atoms with Gasteiger partial charge in [-0.25, -0.2) is 0 Å². The van der Waals surface area contributed by atoms with Crippen molar-refractivity contribution in [2.75, 3.05) is 21.2 Å². The largest absolute Gasteiger partial charge is 0.381 e. The molecule has 54 heavy (non-hydrogen) atoms. The molecule has 1 aliphatic heterocycles. The number of nitrogens with zero attached hydrogens (tertiary/aromatic N) is 1. The Kier molecular flexibility index (Phi) is 19.4. The molecular weight excluding hydrogens is 655 g/mol. The van der Waals surface area contributed by atoms with Crippen LogP contribution in [0.5, 0.6) is 0 Å². The third kappa shape index (κ3) is 13.3. The smallest absolute Gasteiger partial charge is 0.0665 e. The highest BCUT2D eigenvalue weighted by Crippen LogP contribution is 2.53. The van der Waals surface area contributed by atoms with Crippen LogP contribution in [0.15, 0.2) is 99.2 Å². The standard InChI is InChI=1S/C12H20.C10H13N.C9H14O.C9H16.C8H12.2C2H4/c1-8(2)6-12-9(3)10-4-5-11(12)7-10;1-11(2)7-9-5-3-4-6-10(9)8-11;1-6-7-3-4-8(5-7)9(6)10-2;1-9-7-5-3-2-4-6-8-9;1-6-4-7-2-3-8(6)5-7;2*1-2/h9-12H,1,4-7H2,2-3H3;3-7H,8H2,1-2H3;3-4,6-9H,5H2,1-2H3;2-3,9H,4-8H2,1H3;2-3,6-8H,4-5H2,1H3;2*1-2H2/b;;;3-2-;;;. The summed E-state index contributed by atoms with van der Waals surface area (Å²) in [6, 6.07) is 8.60. The highest BCUT2D eigenvalue weighted by molar-refractivity contribution is 5.33. The van der Waals surface area contributed by atoms with Crippen LogP contribution in [0.1, 0.15) is 123 Å². The van der Waals surface area contributed by atoms with Gasteiger partial charge in [0, 0.05) is 13.0 Å². The minimum atomic E-state index is 0.509. The van der Waals surface area contributed by atoms with Crippen LogP contribution in [0.3, 0.4) is 0 Å². The third-order valence-electron chi connectivity index (χ3n) is 14.0. The zero-order chi connectivity index (χ0) is 39.8. The van der Waals surface area contributed by atoms with E-state index in [0.717, 1.165) is 76.1 Å². The number of allylic oxidation sites excluding steroid dienone is 6. The topological polar surface area (TPSA) is 9.23 Å². The van der Waals surface area contributed by atoms with Crippen LogP contribution in [-0.4, -0.2) is 31.8 Å². The molecule has 8 aliphatic rings. The molecule has 4 fully saturated rings. The Morgan fingerprint density at radius 1 is 0.759 bits per heavy atom. The summed E-state index contributed by atoms with van der Waals surface area (Å²) in [4.78, 5) is 0. The number of rotatable bonds is 3. The van der Waals surface area contributed by atoms with Crippen molar-refractivity contribution in [3.05, 3.63) is 117 Å². The van der Waals surface area contributed by atoms with Gasteiger partial charge in [-0.2, -0.15) is 6.07 Å². The fourth-order valence-electron chi connectivity index (χ4n) is 10.9. The first-order valence-electron chi connectivity index (χ1n) is 21.9. The van der Waals surface area contributed by atoms with E-state index < -0.39 is 0 Å². The van der Waals surface area contributed by atoms with Crippen molar-refractivity contribution >= 4 is 0 Å². The molecule has 2 nitrogen and oxygen atoms in total. The van der Waals surface area contributed by atoms with E-state index in [-0.39, 0.29) is 0 Å². The van der Waals surface area contributed by atoms with Crippen molar-refractivity contribution in [3.63, 3.8) is 0 Å². The first-order chi connectivity index (χ1) is 25.9. The van der Waals surface area contributed by atoms with Gasteiger partial charge >= 0.3 is 0 Å². The van der Waals surface area contributed by atoms with Gasteiger partial charge < -0.3 is 9.22 Å². The molecule has 0 radical (unpaired) electrons. The van der Waals surface area contributed by atoms with E-state index in [1.807, 2.05) is 7.11 Å². The van der Waals surface area contributed by atoms with Gasteiger partial charge in [0.25, 0.3) is 0 Å². The Balaban J connectivity index is 0.000000178. The van der Waals surface area contributed by atoms with E-state index in [4.69, 9.17) is 4.74 Å². The summed E-state index contributed by atoms with van der Waals surface area (Å²) in [6.07, 6.45) is 31.6. The van der Waals surface area contributed by atoms with E-state index in [1.54, 1.807) is 0 Å². The molecule has 12 atom stereocenters. The summed E-state index contributed by atoms with van der Waals surface area (Å²) in [6.45, 7) is 31.1. The van der Waals surface area contributed by atoms with Gasteiger partial charge in [-0.05, 0) is 143 Å². The first-order valence-corrected chi connectivity index (χ1v) is 21.9. The Hall–Kier alpha value is -2.55. The maximum Gasteiger partial charge on any atom is 0.0665 e. The average Bonchev–Trinajstić information content (AvgIpc) is 4.02. The summed E-state index contributed by atoms with van der Waals surface area (Å²) in [5.41, 5.74) is 4.26. The second-order valence-corrected chi connectivity index (χ2v) is 18.6. The molecule has 0 aromatic heterocycles. The normalized spacial score (nSPS) is 36.4. The number of hydrogen-bond donors (Lipinski definition) is 0. The number of methoxy groups -OCH3 is 1. The second-order valence-electron chi connectivity index (χ2n) is 18.6. The van der Waals surface area contributed by atoms with Gasteiger partial charge in [-0.3, -0.25) is 0 Å². The van der Waals surface area contributed by atoms with E-state index in [0.29, 0.717) is 6.10 Å². The minimum Gasteiger partial charge on any atom is -0.381 e. The lowest BCUT2D eigenvalue weighted by molar-refractivity contribution is -0.865. The van der Waals surface area contributed by atoms with E-state index in [2.05, 4.69) is 149 Å². The molecule has 12 unspecified atom stereocenters. The van der Waals surface area contributed by atoms with Crippen LogP contribution in [-0.2, 0) is 11.3 Å². The van der Waals surface area contributed by atoms with E-state index in [1.165, 1.54) is 93.7 Å². The zero-order valence-corrected chi connectivity index (χ0v) is 36.4. The SMILES string of the molecule is C=C.C=C.C=C(C)CC1C2CCC(C2)C1C.CC1CC/C=C\CCC1.CC1CC2C=CC1C2.COC1C2C=CC(C2)C1C.C[N+]1(C)[CH-]c2ccccc2C1. The lowest BCUT2D eigenvalue weighted by Crippen LogP contribution is -2.30. The van der Waals surface area contributed by atoms with Crippen molar-refractivity contribution < 1.29 is 9.22 Å². The summed E-state index contributed by atoms with van der Waals surface area (Å²) < 4.78 is 6.39. The number of quaternary nitrogens is 1. The Morgan fingerprint density at radius 2 is 1.43 bits per heavy atom. The van der Waals surface area contributed by atoms with Crippen molar-refractivity contribution in [3.8, 4) is 0 Å². The number of ether oxygens (including phenoxy) is 1. The van der Waals surface area contributed by atoms with Crippen LogP contribution < -0.4 is 0 Å². The van der Waals surface area contributed by atoms with Crippen LogP contribution in [0.2, 0.25) is 0 Å². The molecule has 7 aliphatic carbocycles.